The van der Waals surface area contributed by atoms with Gasteiger partial charge >= 0.3 is 0 Å². The Morgan fingerprint density at radius 2 is 1.92 bits per heavy atom. The summed E-state index contributed by atoms with van der Waals surface area (Å²) in [5, 5.41) is 6.56. The third-order valence-electron chi connectivity index (χ3n) is 4.71. The Morgan fingerprint density at radius 1 is 1.16 bits per heavy atom. The molecule has 1 aromatic carbocycles. The Labute approximate surface area is 151 Å². The van der Waals surface area contributed by atoms with E-state index in [1.54, 1.807) is 26.1 Å². The van der Waals surface area contributed by atoms with Gasteiger partial charge in [0.1, 0.15) is 5.82 Å². The number of unbranched alkanes of at least 4 members (excludes halogenated alkanes) is 1. The SMILES string of the molecule is CN=C(NCCCCN1CCN(C)CC1)NCc1ccc(C)c(F)c1. The Hall–Kier alpha value is -1.66. The average molecular weight is 349 g/mol. The van der Waals surface area contributed by atoms with E-state index in [2.05, 4.69) is 32.5 Å². The maximum atomic E-state index is 13.6. The van der Waals surface area contributed by atoms with Crippen LogP contribution in [0.15, 0.2) is 23.2 Å². The number of guanidine groups is 1. The van der Waals surface area contributed by atoms with Crippen LogP contribution >= 0.6 is 0 Å². The van der Waals surface area contributed by atoms with E-state index >= 15 is 0 Å². The Kier molecular flexibility index (Phi) is 8.15. The van der Waals surface area contributed by atoms with Crippen molar-refractivity contribution in [2.75, 3.05) is 53.4 Å². The first-order chi connectivity index (χ1) is 12.1. The number of aliphatic imine (C=N–C) groups is 1. The van der Waals surface area contributed by atoms with Crippen molar-refractivity contribution in [3.8, 4) is 0 Å². The molecule has 5 nitrogen and oxygen atoms in total. The first-order valence-corrected chi connectivity index (χ1v) is 9.19. The highest BCUT2D eigenvalue weighted by atomic mass is 19.1. The lowest BCUT2D eigenvalue weighted by atomic mass is 10.1. The number of hydrogen-bond acceptors (Lipinski definition) is 3. The van der Waals surface area contributed by atoms with Crippen LogP contribution in [0.4, 0.5) is 4.39 Å². The summed E-state index contributed by atoms with van der Waals surface area (Å²) in [6.45, 7) is 9.12. The molecule has 25 heavy (non-hydrogen) atoms. The number of nitrogens with one attached hydrogen (secondary N) is 2. The number of halogens is 1. The molecule has 140 valence electrons. The molecule has 6 heteroatoms. The van der Waals surface area contributed by atoms with Crippen LogP contribution in [0, 0.1) is 12.7 Å². The molecule has 0 unspecified atom stereocenters. The van der Waals surface area contributed by atoms with E-state index in [9.17, 15) is 4.39 Å². The topological polar surface area (TPSA) is 42.9 Å². The van der Waals surface area contributed by atoms with Crippen molar-refractivity contribution in [3.63, 3.8) is 0 Å². The molecule has 1 saturated heterocycles. The van der Waals surface area contributed by atoms with Crippen molar-refractivity contribution in [1.29, 1.82) is 0 Å². The lowest BCUT2D eigenvalue weighted by Crippen LogP contribution is -2.44. The van der Waals surface area contributed by atoms with Crippen LogP contribution in [-0.4, -0.2) is 69.1 Å². The predicted octanol–water partition coefficient (Wildman–Crippen LogP) is 1.83. The normalized spacial score (nSPS) is 16.9. The van der Waals surface area contributed by atoms with Crippen LogP contribution in [0.3, 0.4) is 0 Å². The van der Waals surface area contributed by atoms with Crippen molar-refractivity contribution >= 4 is 5.96 Å². The first-order valence-electron chi connectivity index (χ1n) is 9.19. The van der Waals surface area contributed by atoms with Gasteiger partial charge in [0.25, 0.3) is 0 Å². The molecule has 1 heterocycles. The number of piperazine rings is 1. The van der Waals surface area contributed by atoms with Crippen LogP contribution < -0.4 is 10.6 Å². The second-order valence-electron chi connectivity index (χ2n) is 6.79. The van der Waals surface area contributed by atoms with Gasteiger partial charge in [-0.3, -0.25) is 4.99 Å². The van der Waals surface area contributed by atoms with Gasteiger partial charge in [-0.15, -0.1) is 0 Å². The summed E-state index contributed by atoms with van der Waals surface area (Å²) in [5.74, 6) is 0.603. The molecule has 0 aliphatic carbocycles. The zero-order valence-corrected chi connectivity index (χ0v) is 15.8. The summed E-state index contributed by atoms with van der Waals surface area (Å²) in [5.41, 5.74) is 1.59. The van der Waals surface area contributed by atoms with Crippen LogP contribution in [0.2, 0.25) is 0 Å². The smallest absolute Gasteiger partial charge is 0.191 e. The van der Waals surface area contributed by atoms with E-state index in [0.29, 0.717) is 12.1 Å². The quantitative estimate of drug-likeness (QED) is 0.448. The third-order valence-corrected chi connectivity index (χ3v) is 4.71. The van der Waals surface area contributed by atoms with Crippen LogP contribution in [0.5, 0.6) is 0 Å². The maximum absolute atomic E-state index is 13.6. The molecule has 0 amide bonds. The molecule has 0 radical (unpaired) electrons. The molecular formula is C19H32FN5. The van der Waals surface area contributed by atoms with Gasteiger partial charge in [-0.2, -0.15) is 0 Å². The molecule has 2 N–H and O–H groups in total. The number of likely N-dealkylation sites (N-methyl/N-ethyl adjacent to an activating group) is 1. The fourth-order valence-corrected chi connectivity index (χ4v) is 2.89. The van der Waals surface area contributed by atoms with Crippen LogP contribution in [0.1, 0.15) is 24.0 Å². The maximum Gasteiger partial charge on any atom is 0.191 e. The fraction of sp³-hybridized carbons (Fsp3) is 0.632. The van der Waals surface area contributed by atoms with Gasteiger partial charge in [0, 0.05) is 46.3 Å². The van der Waals surface area contributed by atoms with Gasteiger partial charge in [0.15, 0.2) is 5.96 Å². The molecule has 0 saturated carbocycles. The molecule has 1 fully saturated rings. The van der Waals surface area contributed by atoms with E-state index in [4.69, 9.17) is 0 Å². The highest BCUT2D eigenvalue weighted by Gasteiger charge is 2.12. The van der Waals surface area contributed by atoms with Gasteiger partial charge in [0.05, 0.1) is 0 Å². The van der Waals surface area contributed by atoms with Crippen molar-refractivity contribution in [2.24, 2.45) is 4.99 Å². The lowest BCUT2D eigenvalue weighted by molar-refractivity contribution is 0.152. The molecule has 0 spiro atoms. The molecular weight excluding hydrogens is 317 g/mol. The summed E-state index contributed by atoms with van der Waals surface area (Å²) in [6.07, 6.45) is 2.31. The van der Waals surface area contributed by atoms with E-state index in [0.717, 1.165) is 24.5 Å². The van der Waals surface area contributed by atoms with Crippen molar-refractivity contribution in [1.82, 2.24) is 20.4 Å². The average Bonchev–Trinajstić information content (AvgIpc) is 2.62. The number of rotatable bonds is 7. The number of benzene rings is 1. The Morgan fingerprint density at radius 3 is 2.60 bits per heavy atom. The van der Waals surface area contributed by atoms with Crippen LogP contribution in [0.25, 0.3) is 0 Å². The summed E-state index contributed by atoms with van der Waals surface area (Å²) in [7, 11) is 3.94. The number of nitrogens with zero attached hydrogens (tertiary/aromatic N) is 3. The zero-order valence-electron chi connectivity index (χ0n) is 15.8. The van der Waals surface area contributed by atoms with Gasteiger partial charge in [-0.05, 0) is 50.6 Å². The van der Waals surface area contributed by atoms with Crippen LogP contribution in [-0.2, 0) is 6.54 Å². The van der Waals surface area contributed by atoms with E-state index in [1.165, 1.54) is 39.1 Å². The van der Waals surface area contributed by atoms with Crippen molar-refractivity contribution in [2.45, 2.75) is 26.3 Å². The molecule has 1 aliphatic heterocycles. The second kappa shape index (κ2) is 10.4. The van der Waals surface area contributed by atoms with Gasteiger partial charge in [-0.25, -0.2) is 4.39 Å². The van der Waals surface area contributed by atoms with E-state index in [1.807, 2.05) is 6.07 Å². The van der Waals surface area contributed by atoms with Gasteiger partial charge < -0.3 is 20.4 Å². The predicted molar refractivity (Wildman–Crippen MR) is 103 cm³/mol. The summed E-state index contributed by atoms with van der Waals surface area (Å²) in [4.78, 5) is 9.15. The minimum Gasteiger partial charge on any atom is -0.356 e. The van der Waals surface area contributed by atoms with Crippen molar-refractivity contribution in [3.05, 3.63) is 35.1 Å². The summed E-state index contributed by atoms with van der Waals surface area (Å²) >= 11 is 0. The summed E-state index contributed by atoms with van der Waals surface area (Å²) < 4.78 is 13.6. The molecule has 1 aliphatic rings. The molecule has 2 rings (SSSR count). The standard InChI is InChI=1S/C19H32FN5/c1-16-6-7-17(14-18(16)20)15-23-19(21-2)22-8-4-5-9-25-12-10-24(3)11-13-25/h6-7,14H,4-5,8-13,15H2,1-3H3,(H2,21,22,23). The minimum absolute atomic E-state index is 0.161. The van der Waals surface area contributed by atoms with E-state index in [-0.39, 0.29) is 5.82 Å². The highest BCUT2D eigenvalue weighted by molar-refractivity contribution is 5.79. The van der Waals surface area contributed by atoms with Gasteiger partial charge in [0.2, 0.25) is 0 Å². The minimum atomic E-state index is -0.161. The van der Waals surface area contributed by atoms with Gasteiger partial charge in [-0.1, -0.05) is 12.1 Å². The molecule has 0 aromatic heterocycles. The lowest BCUT2D eigenvalue weighted by Gasteiger charge is -2.32. The molecule has 1 aromatic rings. The second-order valence-corrected chi connectivity index (χ2v) is 6.79. The summed E-state index contributed by atoms with van der Waals surface area (Å²) in [6, 6.07) is 5.32. The number of hydrogen-bond donors (Lipinski definition) is 2. The third kappa shape index (κ3) is 7.00. The first kappa shape index (κ1) is 19.7. The molecule has 0 atom stereocenters. The Balaban J connectivity index is 1.59. The molecule has 0 bridgehead atoms. The monoisotopic (exact) mass is 349 g/mol. The fourth-order valence-electron chi connectivity index (χ4n) is 2.89. The largest absolute Gasteiger partial charge is 0.356 e. The van der Waals surface area contributed by atoms with Crippen molar-refractivity contribution < 1.29 is 4.39 Å². The zero-order chi connectivity index (χ0) is 18.1. The van der Waals surface area contributed by atoms with E-state index < -0.39 is 0 Å². The number of aryl methyl sites for hydroxylation is 1. The highest BCUT2D eigenvalue weighted by Crippen LogP contribution is 2.08. The Bertz CT molecular complexity index is 553.